The molecule has 0 atom stereocenters. The van der Waals surface area contributed by atoms with Crippen molar-refractivity contribution >= 4 is 49.8 Å². The maximum absolute atomic E-state index is 12.2. The second kappa shape index (κ2) is 5.76. The summed E-state index contributed by atoms with van der Waals surface area (Å²) in [5.74, 6) is 0.661. The molecule has 108 valence electrons. The van der Waals surface area contributed by atoms with Gasteiger partial charge in [-0.15, -0.1) is 11.3 Å². The van der Waals surface area contributed by atoms with Gasteiger partial charge in [0, 0.05) is 14.1 Å². The van der Waals surface area contributed by atoms with Crippen molar-refractivity contribution in [2.24, 2.45) is 0 Å². The smallest absolute Gasteiger partial charge is 0.259 e. The lowest BCUT2D eigenvalue weighted by Gasteiger charge is -2.07. The van der Waals surface area contributed by atoms with E-state index in [4.69, 9.17) is 0 Å². The van der Waals surface area contributed by atoms with Gasteiger partial charge in [-0.05, 0) is 54.1 Å². The molecule has 0 fully saturated rings. The van der Waals surface area contributed by atoms with E-state index >= 15 is 0 Å². The van der Waals surface area contributed by atoms with Crippen LogP contribution in [-0.4, -0.2) is 9.97 Å². The summed E-state index contributed by atoms with van der Waals surface area (Å²) in [5, 5.41) is 4.03. The summed E-state index contributed by atoms with van der Waals surface area (Å²) < 4.78 is 1.14. The Morgan fingerprint density at radius 3 is 2.86 bits per heavy atom. The third-order valence-corrected chi connectivity index (χ3v) is 5.45. The molecule has 0 aliphatic rings. The van der Waals surface area contributed by atoms with Crippen LogP contribution in [0.5, 0.6) is 0 Å². The number of thiophene rings is 1. The number of hydrogen-bond acceptors (Lipinski definition) is 4. The van der Waals surface area contributed by atoms with Gasteiger partial charge < -0.3 is 10.3 Å². The van der Waals surface area contributed by atoms with Gasteiger partial charge in [0.15, 0.2) is 0 Å². The molecule has 3 rings (SSSR count). The number of rotatable bonds is 3. The first-order chi connectivity index (χ1) is 10.1. The van der Waals surface area contributed by atoms with Crippen molar-refractivity contribution in [2.45, 2.75) is 20.4 Å². The van der Waals surface area contributed by atoms with E-state index in [1.165, 1.54) is 0 Å². The molecule has 0 amide bonds. The van der Waals surface area contributed by atoms with Gasteiger partial charge in [-0.1, -0.05) is 12.1 Å². The Morgan fingerprint density at radius 1 is 1.33 bits per heavy atom. The summed E-state index contributed by atoms with van der Waals surface area (Å²) in [5.41, 5.74) is 2.02. The number of nitrogens with one attached hydrogen (secondary N) is 2. The minimum Gasteiger partial charge on any atom is -0.377 e. The highest BCUT2D eigenvalue weighted by Gasteiger charge is 2.11. The van der Waals surface area contributed by atoms with Crippen LogP contribution >= 0.6 is 33.9 Å². The van der Waals surface area contributed by atoms with Gasteiger partial charge in [-0.3, -0.25) is 4.79 Å². The van der Waals surface area contributed by atoms with Gasteiger partial charge in [-0.2, -0.15) is 0 Å². The van der Waals surface area contributed by atoms with Crippen molar-refractivity contribution in [2.75, 3.05) is 5.32 Å². The standard InChI is InChI=1S/C15H14IN3OS/c1-8-9(2)21-15-13(8)14(20)18-12(19-15)7-17-11-6-4-3-5-10(11)16/h3-6,17H,7H2,1-2H3,(H,18,19,20). The summed E-state index contributed by atoms with van der Waals surface area (Å²) in [6.45, 7) is 4.49. The van der Waals surface area contributed by atoms with Crippen LogP contribution in [0.2, 0.25) is 0 Å². The second-order valence-electron chi connectivity index (χ2n) is 4.81. The Kier molecular flexibility index (Phi) is 3.99. The molecular weight excluding hydrogens is 397 g/mol. The number of hydrogen-bond donors (Lipinski definition) is 2. The zero-order valence-electron chi connectivity index (χ0n) is 11.7. The number of benzene rings is 1. The van der Waals surface area contributed by atoms with E-state index in [-0.39, 0.29) is 5.56 Å². The van der Waals surface area contributed by atoms with E-state index in [1.54, 1.807) is 11.3 Å². The normalized spacial score (nSPS) is 11.0. The largest absolute Gasteiger partial charge is 0.377 e. The zero-order valence-corrected chi connectivity index (χ0v) is 14.6. The molecule has 2 heterocycles. The average Bonchev–Trinajstić information content (AvgIpc) is 2.73. The Labute approximate surface area is 139 Å². The van der Waals surface area contributed by atoms with Gasteiger partial charge in [0.25, 0.3) is 5.56 Å². The van der Waals surface area contributed by atoms with Crippen LogP contribution in [0.15, 0.2) is 29.1 Å². The average molecular weight is 411 g/mol. The number of anilines is 1. The lowest BCUT2D eigenvalue weighted by molar-refractivity contribution is 0.955. The maximum atomic E-state index is 12.2. The summed E-state index contributed by atoms with van der Waals surface area (Å²) in [4.78, 5) is 21.6. The number of halogens is 1. The van der Waals surface area contributed by atoms with Crippen LogP contribution in [0.4, 0.5) is 5.69 Å². The number of fused-ring (bicyclic) bond motifs is 1. The fourth-order valence-electron chi connectivity index (χ4n) is 2.17. The summed E-state index contributed by atoms with van der Waals surface area (Å²) in [7, 11) is 0. The number of nitrogens with zero attached hydrogens (tertiary/aromatic N) is 1. The molecule has 0 unspecified atom stereocenters. The molecule has 2 N–H and O–H groups in total. The van der Waals surface area contributed by atoms with E-state index in [2.05, 4.69) is 37.9 Å². The van der Waals surface area contributed by atoms with Crippen molar-refractivity contribution in [1.82, 2.24) is 9.97 Å². The van der Waals surface area contributed by atoms with Crippen molar-refractivity contribution in [3.05, 3.63) is 54.5 Å². The third-order valence-electron chi connectivity index (χ3n) is 3.41. The molecule has 0 aliphatic carbocycles. The van der Waals surface area contributed by atoms with Crippen LogP contribution in [0.25, 0.3) is 10.2 Å². The van der Waals surface area contributed by atoms with E-state index < -0.39 is 0 Å². The van der Waals surface area contributed by atoms with E-state index in [1.807, 2.05) is 38.1 Å². The fourth-order valence-corrected chi connectivity index (χ4v) is 3.79. The van der Waals surface area contributed by atoms with Gasteiger partial charge in [-0.25, -0.2) is 4.98 Å². The van der Waals surface area contributed by atoms with Crippen LogP contribution in [0, 0.1) is 17.4 Å². The zero-order chi connectivity index (χ0) is 15.0. The maximum Gasteiger partial charge on any atom is 0.259 e. The molecule has 21 heavy (non-hydrogen) atoms. The summed E-state index contributed by atoms with van der Waals surface area (Å²) >= 11 is 3.85. The molecular formula is C15H14IN3OS. The van der Waals surface area contributed by atoms with Crippen molar-refractivity contribution in [3.63, 3.8) is 0 Å². The molecule has 2 aromatic heterocycles. The quantitative estimate of drug-likeness (QED) is 0.645. The predicted octanol–water partition coefficient (Wildman–Crippen LogP) is 3.82. The Balaban J connectivity index is 1.92. The van der Waals surface area contributed by atoms with Crippen molar-refractivity contribution < 1.29 is 0 Å². The molecule has 4 nitrogen and oxygen atoms in total. The van der Waals surface area contributed by atoms with Crippen molar-refractivity contribution in [3.8, 4) is 0 Å². The van der Waals surface area contributed by atoms with Crippen LogP contribution < -0.4 is 10.9 Å². The highest BCUT2D eigenvalue weighted by Crippen LogP contribution is 2.25. The van der Waals surface area contributed by atoms with E-state index in [0.717, 1.165) is 29.9 Å². The highest BCUT2D eigenvalue weighted by atomic mass is 127. The molecule has 3 aromatic rings. The summed E-state index contributed by atoms with van der Waals surface area (Å²) in [6.07, 6.45) is 0. The van der Waals surface area contributed by atoms with Gasteiger partial charge in [0.05, 0.1) is 11.9 Å². The Hall–Kier alpha value is -1.41. The molecule has 0 aliphatic heterocycles. The topological polar surface area (TPSA) is 57.8 Å². The number of aromatic nitrogens is 2. The molecule has 6 heteroatoms. The molecule has 0 saturated heterocycles. The van der Waals surface area contributed by atoms with Gasteiger partial charge in [0.1, 0.15) is 10.7 Å². The van der Waals surface area contributed by atoms with Gasteiger partial charge in [0.2, 0.25) is 0 Å². The number of para-hydroxylation sites is 1. The van der Waals surface area contributed by atoms with E-state index in [9.17, 15) is 4.79 Å². The molecule has 0 saturated carbocycles. The van der Waals surface area contributed by atoms with Crippen LogP contribution in [-0.2, 0) is 6.54 Å². The van der Waals surface area contributed by atoms with Crippen molar-refractivity contribution in [1.29, 1.82) is 0 Å². The SMILES string of the molecule is Cc1sc2nc(CNc3ccccc3I)[nH]c(=O)c2c1C. The Morgan fingerprint density at radius 2 is 2.10 bits per heavy atom. The number of H-pyrrole nitrogens is 1. The molecule has 0 radical (unpaired) electrons. The number of aromatic amines is 1. The first-order valence-electron chi connectivity index (χ1n) is 6.53. The minimum absolute atomic E-state index is 0.0543. The van der Waals surface area contributed by atoms with Gasteiger partial charge >= 0.3 is 0 Å². The first-order valence-corrected chi connectivity index (χ1v) is 8.43. The molecule has 0 spiro atoms. The predicted molar refractivity (Wildman–Crippen MR) is 96.2 cm³/mol. The van der Waals surface area contributed by atoms with Crippen LogP contribution in [0.3, 0.4) is 0 Å². The monoisotopic (exact) mass is 411 g/mol. The van der Waals surface area contributed by atoms with E-state index in [0.29, 0.717) is 12.4 Å². The second-order valence-corrected chi connectivity index (χ2v) is 7.17. The first kappa shape index (κ1) is 14.5. The Bertz CT molecular complexity index is 869. The molecule has 0 bridgehead atoms. The fraction of sp³-hybridized carbons (Fsp3) is 0.200. The lowest BCUT2D eigenvalue weighted by Crippen LogP contribution is -2.14. The minimum atomic E-state index is -0.0543. The lowest BCUT2D eigenvalue weighted by atomic mass is 10.2. The molecule has 1 aromatic carbocycles. The van der Waals surface area contributed by atoms with Crippen LogP contribution in [0.1, 0.15) is 16.3 Å². The number of aryl methyl sites for hydroxylation is 2. The summed E-state index contributed by atoms with van der Waals surface area (Å²) in [6, 6.07) is 8.03. The third kappa shape index (κ3) is 2.82. The highest BCUT2D eigenvalue weighted by molar-refractivity contribution is 14.1.